The summed E-state index contributed by atoms with van der Waals surface area (Å²) >= 11 is 1.89. The molecule has 2 N–H and O–H groups in total. The summed E-state index contributed by atoms with van der Waals surface area (Å²) in [4.78, 5) is 18.1. The second kappa shape index (κ2) is 7.85. The van der Waals surface area contributed by atoms with Gasteiger partial charge >= 0.3 is 0 Å². The first kappa shape index (κ1) is 18.2. The molecule has 2 atom stereocenters. The van der Waals surface area contributed by atoms with Gasteiger partial charge in [-0.1, -0.05) is 0 Å². The van der Waals surface area contributed by atoms with E-state index in [0.717, 1.165) is 50.9 Å². The molecule has 2 fully saturated rings. The molecule has 1 aliphatic carbocycles. The third-order valence-electron chi connectivity index (χ3n) is 6.24. The minimum absolute atomic E-state index is 0.124. The Morgan fingerprint density at radius 1 is 1.18 bits per heavy atom. The van der Waals surface area contributed by atoms with Gasteiger partial charge < -0.3 is 19.9 Å². The van der Waals surface area contributed by atoms with Gasteiger partial charge in [-0.05, 0) is 48.6 Å². The van der Waals surface area contributed by atoms with E-state index in [1.165, 1.54) is 29.0 Å². The Morgan fingerprint density at radius 2 is 1.96 bits per heavy atom. The van der Waals surface area contributed by atoms with Gasteiger partial charge in [0.15, 0.2) is 6.54 Å². The second-order valence-corrected chi connectivity index (χ2v) is 9.14. The first-order valence-corrected chi connectivity index (χ1v) is 11.3. The lowest BCUT2D eigenvalue weighted by molar-refractivity contribution is -0.928. The fourth-order valence-electron chi connectivity index (χ4n) is 4.68. The van der Waals surface area contributed by atoms with Gasteiger partial charge in [0.2, 0.25) is 0 Å². The summed E-state index contributed by atoms with van der Waals surface area (Å²) in [6.45, 7) is 5.05. The van der Waals surface area contributed by atoms with Crippen molar-refractivity contribution in [3.63, 3.8) is 0 Å². The first-order valence-electron chi connectivity index (χ1n) is 10.4. The number of quaternary nitrogens is 1. The predicted molar refractivity (Wildman–Crippen MR) is 112 cm³/mol. The number of ether oxygens (including phenoxy) is 1. The number of hydrogen-bond acceptors (Lipinski definition) is 4. The van der Waals surface area contributed by atoms with E-state index in [-0.39, 0.29) is 5.91 Å². The van der Waals surface area contributed by atoms with Gasteiger partial charge in [0.05, 0.1) is 19.8 Å². The Bertz CT molecular complexity index is 825. The van der Waals surface area contributed by atoms with Crippen LogP contribution in [0.4, 0.5) is 11.4 Å². The van der Waals surface area contributed by atoms with Crippen molar-refractivity contribution >= 4 is 28.6 Å². The third kappa shape index (κ3) is 3.81. The highest BCUT2D eigenvalue weighted by molar-refractivity contribution is 7.10. The van der Waals surface area contributed by atoms with E-state index in [2.05, 4.69) is 33.8 Å². The van der Waals surface area contributed by atoms with Crippen molar-refractivity contribution in [1.29, 1.82) is 0 Å². The summed E-state index contributed by atoms with van der Waals surface area (Å²) in [5.41, 5.74) is 3.59. The highest BCUT2D eigenvalue weighted by Crippen LogP contribution is 2.42. The number of carbonyl (C=O) groups is 1. The molecule has 0 radical (unpaired) electrons. The molecule has 28 heavy (non-hydrogen) atoms. The normalized spacial score (nSPS) is 24.6. The van der Waals surface area contributed by atoms with Crippen molar-refractivity contribution in [3.05, 3.63) is 46.2 Å². The zero-order chi connectivity index (χ0) is 18.9. The molecule has 0 bridgehead atoms. The number of nitrogens with one attached hydrogen (secondary N) is 2. The number of fused-ring (bicyclic) bond motifs is 1. The van der Waals surface area contributed by atoms with Crippen LogP contribution in [0.15, 0.2) is 35.7 Å². The summed E-state index contributed by atoms with van der Waals surface area (Å²) < 4.78 is 5.42. The van der Waals surface area contributed by atoms with Gasteiger partial charge in [-0.15, -0.1) is 11.3 Å². The number of carbonyl (C=O) groups excluding carboxylic acids is 1. The van der Waals surface area contributed by atoms with Crippen molar-refractivity contribution in [3.8, 4) is 0 Å². The number of benzene rings is 1. The molecule has 1 amide bonds. The van der Waals surface area contributed by atoms with Crippen molar-refractivity contribution in [2.45, 2.75) is 25.3 Å². The molecule has 3 aliphatic rings. The third-order valence-corrected chi connectivity index (χ3v) is 7.23. The Kier molecular flexibility index (Phi) is 5.09. The van der Waals surface area contributed by atoms with Gasteiger partial charge in [-0.25, -0.2) is 0 Å². The molecule has 1 aromatic heterocycles. The molecule has 5 rings (SSSR count). The summed E-state index contributed by atoms with van der Waals surface area (Å²) in [6, 6.07) is 11.0. The standard InChI is InChI=1S/C22H27N3O2S/c26-21(23-17-3-5-18(6-4-17)24-10-12-27-13-11-24)15-25-9-7-20-19(8-14-28-20)22(25)16-1-2-16/h3-6,8,14,16,22H,1-2,7,9-13,15H2,(H,23,26)/p+1/t22-/m1/s1. The van der Waals surface area contributed by atoms with E-state index in [9.17, 15) is 4.79 Å². The second-order valence-electron chi connectivity index (χ2n) is 8.14. The van der Waals surface area contributed by atoms with Crippen molar-refractivity contribution in [2.24, 2.45) is 5.92 Å². The van der Waals surface area contributed by atoms with E-state index in [4.69, 9.17) is 4.74 Å². The molecule has 0 spiro atoms. The molecule has 1 unspecified atom stereocenters. The van der Waals surface area contributed by atoms with Crippen LogP contribution in [-0.2, 0) is 16.0 Å². The van der Waals surface area contributed by atoms with Crippen LogP contribution in [0.5, 0.6) is 0 Å². The van der Waals surface area contributed by atoms with Crippen molar-refractivity contribution in [2.75, 3.05) is 49.6 Å². The maximum absolute atomic E-state index is 12.7. The summed E-state index contributed by atoms with van der Waals surface area (Å²) in [6.07, 6.45) is 3.73. The number of thiophene rings is 1. The molecule has 1 aromatic carbocycles. The monoisotopic (exact) mass is 398 g/mol. The van der Waals surface area contributed by atoms with E-state index in [1.807, 2.05) is 23.5 Å². The lowest BCUT2D eigenvalue weighted by Gasteiger charge is -2.32. The van der Waals surface area contributed by atoms with Crippen LogP contribution in [0.3, 0.4) is 0 Å². The molecule has 148 valence electrons. The zero-order valence-corrected chi connectivity index (χ0v) is 17.0. The number of hydrogen-bond donors (Lipinski definition) is 2. The molecule has 5 nitrogen and oxygen atoms in total. The van der Waals surface area contributed by atoms with E-state index >= 15 is 0 Å². The van der Waals surface area contributed by atoms with Crippen LogP contribution in [0.25, 0.3) is 0 Å². The largest absolute Gasteiger partial charge is 0.378 e. The molecule has 1 saturated heterocycles. The predicted octanol–water partition coefficient (Wildman–Crippen LogP) is 2.12. The van der Waals surface area contributed by atoms with Crippen LogP contribution in [-0.4, -0.2) is 45.3 Å². The molecular formula is C22H28N3O2S+. The van der Waals surface area contributed by atoms with E-state index < -0.39 is 0 Å². The Balaban J connectivity index is 1.21. The maximum atomic E-state index is 12.7. The number of rotatable bonds is 5. The molecule has 6 heteroatoms. The van der Waals surface area contributed by atoms with Crippen molar-refractivity contribution in [1.82, 2.24) is 0 Å². The molecule has 2 aliphatic heterocycles. The minimum Gasteiger partial charge on any atom is -0.378 e. The Labute approximate surface area is 170 Å². The molecule has 1 saturated carbocycles. The maximum Gasteiger partial charge on any atom is 0.279 e. The summed E-state index contributed by atoms with van der Waals surface area (Å²) in [5.74, 6) is 0.891. The Hall–Kier alpha value is -1.89. The Morgan fingerprint density at radius 3 is 2.71 bits per heavy atom. The fraction of sp³-hybridized carbons (Fsp3) is 0.500. The lowest BCUT2D eigenvalue weighted by atomic mass is 9.96. The average molecular weight is 399 g/mol. The smallest absolute Gasteiger partial charge is 0.279 e. The van der Waals surface area contributed by atoms with Gasteiger partial charge in [0.1, 0.15) is 6.04 Å². The number of nitrogens with zero attached hydrogens (tertiary/aromatic N) is 1. The minimum atomic E-state index is 0.124. The lowest BCUT2D eigenvalue weighted by Crippen LogP contribution is -3.14. The van der Waals surface area contributed by atoms with Crippen molar-refractivity contribution < 1.29 is 14.4 Å². The van der Waals surface area contributed by atoms with Crippen LogP contribution < -0.4 is 15.1 Å². The van der Waals surface area contributed by atoms with Gasteiger partial charge in [0.25, 0.3) is 5.91 Å². The summed E-state index contributed by atoms with van der Waals surface area (Å²) in [7, 11) is 0. The van der Waals surface area contributed by atoms with Crippen LogP contribution in [0.1, 0.15) is 29.3 Å². The number of amides is 1. The van der Waals surface area contributed by atoms with Gasteiger partial charge in [-0.2, -0.15) is 0 Å². The van der Waals surface area contributed by atoms with Gasteiger partial charge in [0, 0.05) is 47.2 Å². The zero-order valence-electron chi connectivity index (χ0n) is 16.2. The van der Waals surface area contributed by atoms with E-state index in [0.29, 0.717) is 12.6 Å². The van der Waals surface area contributed by atoms with Crippen LogP contribution in [0.2, 0.25) is 0 Å². The fourth-order valence-corrected chi connectivity index (χ4v) is 5.61. The molecule has 2 aromatic rings. The molecule has 3 heterocycles. The van der Waals surface area contributed by atoms with Gasteiger partial charge in [-0.3, -0.25) is 4.79 Å². The highest BCUT2D eigenvalue weighted by atomic mass is 32.1. The first-order chi connectivity index (χ1) is 13.8. The number of morpholine rings is 1. The topological polar surface area (TPSA) is 46.0 Å². The van der Waals surface area contributed by atoms with Crippen LogP contribution in [0, 0.1) is 5.92 Å². The highest BCUT2D eigenvalue weighted by Gasteiger charge is 2.43. The average Bonchev–Trinajstić information content (AvgIpc) is 3.45. The van der Waals surface area contributed by atoms with Crippen LogP contribution >= 0.6 is 11.3 Å². The molecular weight excluding hydrogens is 370 g/mol. The SMILES string of the molecule is O=C(C[NH+]1CCc2sccc2[C@H]1C1CC1)Nc1ccc(N2CCOCC2)cc1. The number of anilines is 2. The quantitative estimate of drug-likeness (QED) is 0.811. The van der Waals surface area contributed by atoms with E-state index in [1.54, 1.807) is 4.88 Å². The summed E-state index contributed by atoms with van der Waals surface area (Å²) in [5, 5.41) is 5.34.